The van der Waals surface area contributed by atoms with E-state index in [1.165, 1.54) is 218 Å². The molecule has 0 radical (unpaired) electrons. The zero-order chi connectivity index (χ0) is 44.4. The summed E-state index contributed by atoms with van der Waals surface area (Å²) in [5.74, 6) is -0.838. The predicted octanol–water partition coefficient (Wildman–Crippen LogP) is 18.0. The first-order valence-electron chi connectivity index (χ1n) is 27.5. The molecule has 362 valence electrons. The van der Waals surface area contributed by atoms with Gasteiger partial charge in [-0.2, -0.15) is 0 Å². The molecule has 0 aliphatic rings. The zero-order valence-electron chi connectivity index (χ0n) is 41.5. The predicted molar refractivity (Wildman–Crippen MR) is 261 cm³/mol. The molecule has 0 N–H and O–H groups in total. The third kappa shape index (κ3) is 49.3. The van der Waals surface area contributed by atoms with Crippen molar-refractivity contribution in [2.75, 3.05) is 13.2 Å². The number of unbranched alkanes of at least 4 members (excludes halogenated alkanes) is 40. The summed E-state index contributed by atoms with van der Waals surface area (Å²) >= 11 is 0. The molecule has 0 amide bonds. The summed E-state index contributed by atoms with van der Waals surface area (Å²) in [7, 11) is 0. The van der Waals surface area contributed by atoms with Crippen molar-refractivity contribution < 1.29 is 28.6 Å². The molecular formula is C55H106O6. The van der Waals surface area contributed by atoms with E-state index in [9.17, 15) is 14.4 Å². The fourth-order valence-corrected chi connectivity index (χ4v) is 8.45. The highest BCUT2D eigenvalue weighted by molar-refractivity contribution is 5.71. The molecule has 1 atom stereocenters. The van der Waals surface area contributed by atoms with E-state index in [-0.39, 0.29) is 31.1 Å². The van der Waals surface area contributed by atoms with Crippen LogP contribution in [0.15, 0.2) is 0 Å². The largest absolute Gasteiger partial charge is 0.462 e. The highest BCUT2D eigenvalue weighted by Gasteiger charge is 2.19. The molecule has 6 nitrogen and oxygen atoms in total. The third-order valence-corrected chi connectivity index (χ3v) is 12.6. The van der Waals surface area contributed by atoms with Gasteiger partial charge in [0.1, 0.15) is 13.2 Å². The maximum absolute atomic E-state index is 12.8. The molecule has 0 aliphatic heterocycles. The average Bonchev–Trinajstić information content (AvgIpc) is 3.26. The van der Waals surface area contributed by atoms with Gasteiger partial charge in [-0.05, 0) is 19.3 Å². The van der Waals surface area contributed by atoms with Crippen LogP contribution >= 0.6 is 0 Å². The van der Waals surface area contributed by atoms with Gasteiger partial charge in [0.15, 0.2) is 6.10 Å². The van der Waals surface area contributed by atoms with Crippen LogP contribution in [0.1, 0.15) is 316 Å². The molecule has 0 heterocycles. The molecule has 0 spiro atoms. The summed E-state index contributed by atoms with van der Waals surface area (Å²) in [6, 6.07) is 0. The molecule has 0 aliphatic carbocycles. The number of hydrogen-bond donors (Lipinski definition) is 0. The normalized spacial score (nSPS) is 11.9. The smallest absolute Gasteiger partial charge is 0.306 e. The average molecular weight is 863 g/mol. The minimum atomic E-state index is -0.760. The van der Waals surface area contributed by atoms with Crippen LogP contribution < -0.4 is 0 Å². The second-order valence-corrected chi connectivity index (χ2v) is 18.9. The summed E-state index contributed by atoms with van der Waals surface area (Å²) < 4.78 is 16.8. The lowest BCUT2D eigenvalue weighted by atomic mass is 10.0. The van der Waals surface area contributed by atoms with Gasteiger partial charge in [0.2, 0.25) is 0 Å². The summed E-state index contributed by atoms with van der Waals surface area (Å²) in [6.45, 7) is 6.68. The molecule has 0 aromatic carbocycles. The summed E-state index contributed by atoms with van der Waals surface area (Å²) in [5, 5.41) is 0. The van der Waals surface area contributed by atoms with E-state index in [0.29, 0.717) is 19.3 Å². The Hall–Kier alpha value is -1.59. The van der Waals surface area contributed by atoms with E-state index >= 15 is 0 Å². The summed E-state index contributed by atoms with van der Waals surface area (Å²) in [6.07, 6.45) is 55.2. The molecule has 0 saturated heterocycles. The van der Waals surface area contributed by atoms with Crippen molar-refractivity contribution in [3.8, 4) is 0 Å². The van der Waals surface area contributed by atoms with Crippen LogP contribution in [0.4, 0.5) is 0 Å². The topological polar surface area (TPSA) is 78.9 Å². The minimum Gasteiger partial charge on any atom is -0.462 e. The van der Waals surface area contributed by atoms with Crippen molar-refractivity contribution in [2.45, 2.75) is 322 Å². The molecule has 0 saturated carbocycles. The number of esters is 3. The number of carbonyl (C=O) groups is 3. The van der Waals surface area contributed by atoms with Crippen LogP contribution in [-0.2, 0) is 28.6 Å². The van der Waals surface area contributed by atoms with Crippen molar-refractivity contribution >= 4 is 17.9 Å². The summed E-state index contributed by atoms with van der Waals surface area (Å²) in [4.78, 5) is 38.0. The van der Waals surface area contributed by atoms with Gasteiger partial charge in [-0.25, -0.2) is 0 Å². The van der Waals surface area contributed by atoms with Gasteiger partial charge in [-0.15, -0.1) is 0 Å². The highest BCUT2D eigenvalue weighted by Crippen LogP contribution is 2.17. The lowest BCUT2D eigenvalue weighted by molar-refractivity contribution is -0.167. The van der Waals surface area contributed by atoms with E-state index in [0.717, 1.165) is 57.8 Å². The van der Waals surface area contributed by atoms with Gasteiger partial charge in [0.05, 0.1) is 0 Å². The zero-order valence-corrected chi connectivity index (χ0v) is 41.5. The lowest BCUT2D eigenvalue weighted by Crippen LogP contribution is -2.30. The first kappa shape index (κ1) is 59.4. The maximum atomic E-state index is 12.8. The second kappa shape index (κ2) is 51.0. The molecule has 0 rings (SSSR count). The minimum absolute atomic E-state index is 0.0615. The van der Waals surface area contributed by atoms with E-state index in [1.807, 2.05) is 0 Å². The van der Waals surface area contributed by atoms with E-state index < -0.39 is 6.10 Å². The van der Waals surface area contributed by atoms with Crippen LogP contribution in [0.2, 0.25) is 0 Å². The molecule has 0 bridgehead atoms. The van der Waals surface area contributed by atoms with Gasteiger partial charge >= 0.3 is 17.9 Å². The Bertz CT molecular complexity index is 905. The van der Waals surface area contributed by atoms with E-state index in [1.54, 1.807) is 0 Å². The van der Waals surface area contributed by atoms with Crippen LogP contribution in [0.3, 0.4) is 0 Å². The monoisotopic (exact) mass is 863 g/mol. The van der Waals surface area contributed by atoms with Gasteiger partial charge in [0.25, 0.3) is 0 Å². The van der Waals surface area contributed by atoms with Crippen LogP contribution in [-0.4, -0.2) is 37.2 Å². The van der Waals surface area contributed by atoms with Crippen molar-refractivity contribution in [3.63, 3.8) is 0 Å². The fraction of sp³-hybridized carbons (Fsp3) is 0.945. The van der Waals surface area contributed by atoms with Gasteiger partial charge < -0.3 is 14.2 Å². The Morgan fingerprint density at radius 2 is 0.443 bits per heavy atom. The maximum Gasteiger partial charge on any atom is 0.306 e. The number of ether oxygens (including phenoxy) is 3. The Morgan fingerprint density at radius 3 is 0.656 bits per heavy atom. The molecule has 1 unspecified atom stereocenters. The Morgan fingerprint density at radius 1 is 0.262 bits per heavy atom. The Labute approximate surface area is 380 Å². The Balaban J connectivity index is 4.25. The standard InChI is InChI=1S/C55H106O6/c1-4-7-10-13-16-19-22-24-26-28-30-31-33-36-39-42-45-48-54(57)60-51-52(50-59-53(56)47-44-41-38-35-21-18-15-12-9-6-3)61-55(58)49-46-43-40-37-34-32-29-27-25-23-20-17-14-11-8-5-2/h52H,4-51H2,1-3H3. The molecule has 61 heavy (non-hydrogen) atoms. The molecule has 0 aromatic rings. The number of rotatable bonds is 51. The number of carbonyl (C=O) groups excluding carboxylic acids is 3. The fourth-order valence-electron chi connectivity index (χ4n) is 8.45. The van der Waals surface area contributed by atoms with Gasteiger partial charge in [-0.3, -0.25) is 14.4 Å². The molecular weight excluding hydrogens is 757 g/mol. The molecule has 6 heteroatoms. The molecule has 0 fully saturated rings. The summed E-state index contributed by atoms with van der Waals surface area (Å²) in [5.41, 5.74) is 0. The van der Waals surface area contributed by atoms with Crippen LogP contribution in [0, 0.1) is 0 Å². The van der Waals surface area contributed by atoms with Crippen molar-refractivity contribution in [3.05, 3.63) is 0 Å². The first-order chi connectivity index (χ1) is 30.0. The number of hydrogen-bond acceptors (Lipinski definition) is 6. The van der Waals surface area contributed by atoms with Crippen molar-refractivity contribution in [1.29, 1.82) is 0 Å². The SMILES string of the molecule is CCCCCCCCCCCCCCCCCCCC(=O)OCC(COC(=O)CCCCCCCCCCCC)OC(=O)CCCCCCCCCCCCCCCCCC. The molecule has 0 aromatic heterocycles. The van der Waals surface area contributed by atoms with Gasteiger partial charge in [-0.1, -0.05) is 278 Å². The van der Waals surface area contributed by atoms with Crippen molar-refractivity contribution in [2.24, 2.45) is 0 Å². The first-order valence-corrected chi connectivity index (χ1v) is 27.5. The van der Waals surface area contributed by atoms with Gasteiger partial charge in [0, 0.05) is 19.3 Å². The lowest BCUT2D eigenvalue weighted by Gasteiger charge is -2.18. The highest BCUT2D eigenvalue weighted by atomic mass is 16.6. The van der Waals surface area contributed by atoms with E-state index in [4.69, 9.17) is 14.2 Å². The quantitative estimate of drug-likeness (QED) is 0.0344. The van der Waals surface area contributed by atoms with Crippen molar-refractivity contribution in [1.82, 2.24) is 0 Å². The Kier molecular flexibility index (Phi) is 49.7. The second-order valence-electron chi connectivity index (χ2n) is 18.9. The van der Waals surface area contributed by atoms with E-state index in [2.05, 4.69) is 20.8 Å². The van der Waals surface area contributed by atoms with Crippen LogP contribution in [0.25, 0.3) is 0 Å². The van der Waals surface area contributed by atoms with Crippen LogP contribution in [0.5, 0.6) is 0 Å². The third-order valence-electron chi connectivity index (χ3n) is 12.6.